The van der Waals surface area contributed by atoms with Crippen molar-refractivity contribution in [2.45, 2.75) is 43.8 Å². The molecule has 0 spiro atoms. The van der Waals surface area contributed by atoms with Crippen molar-refractivity contribution in [3.05, 3.63) is 34.9 Å². The fraction of sp³-hybridized carbons (Fsp3) is 0.579. The number of rotatable bonds is 6. The zero-order valence-electron chi connectivity index (χ0n) is 15.0. The van der Waals surface area contributed by atoms with Crippen LogP contribution < -0.4 is 10.6 Å². The quantitative estimate of drug-likeness (QED) is 0.777. The lowest BCUT2D eigenvalue weighted by Gasteiger charge is -2.29. The van der Waals surface area contributed by atoms with E-state index in [4.69, 9.17) is 11.6 Å². The molecule has 0 saturated carbocycles. The van der Waals surface area contributed by atoms with Gasteiger partial charge >= 0.3 is 0 Å². The van der Waals surface area contributed by atoms with Crippen LogP contribution in [0.2, 0.25) is 5.02 Å². The Kier molecular flexibility index (Phi) is 6.84. The van der Waals surface area contributed by atoms with E-state index in [9.17, 15) is 9.59 Å². The van der Waals surface area contributed by atoms with Crippen molar-refractivity contribution in [1.82, 2.24) is 15.5 Å². The maximum Gasteiger partial charge on any atom is 0.253 e. The molecule has 2 aliphatic heterocycles. The first kappa shape index (κ1) is 19.5. The van der Waals surface area contributed by atoms with Crippen LogP contribution in [0.4, 0.5) is 0 Å². The Balaban J connectivity index is 1.69. The molecule has 2 heterocycles. The Morgan fingerprint density at radius 3 is 2.85 bits per heavy atom. The first-order valence-electron chi connectivity index (χ1n) is 9.17. The van der Waals surface area contributed by atoms with Gasteiger partial charge in [-0.25, -0.2) is 0 Å². The van der Waals surface area contributed by atoms with Crippen LogP contribution in [0.3, 0.4) is 0 Å². The largest absolute Gasteiger partial charge is 0.340 e. The summed E-state index contributed by atoms with van der Waals surface area (Å²) < 4.78 is 0. The number of thioether (sulfide) groups is 1. The number of amides is 2. The second-order valence-corrected chi connectivity index (χ2v) is 8.39. The zero-order chi connectivity index (χ0) is 18.5. The van der Waals surface area contributed by atoms with E-state index < -0.39 is 6.04 Å². The molecule has 26 heavy (non-hydrogen) atoms. The van der Waals surface area contributed by atoms with E-state index in [1.54, 1.807) is 36.0 Å². The standard InChI is InChI=1S/C19H26ClN3O2S/c1-26-11-9-17(22-18(24)15-4-2-3-5-16(15)20)19(25)23-10-8-13-6-7-14(12-23)21-13/h2-5,13-14,17,21H,6-12H2,1H3,(H,22,24). The first-order chi connectivity index (χ1) is 12.6. The summed E-state index contributed by atoms with van der Waals surface area (Å²) in [5, 5.41) is 6.91. The van der Waals surface area contributed by atoms with Gasteiger partial charge in [0.25, 0.3) is 5.91 Å². The molecule has 3 atom stereocenters. The monoisotopic (exact) mass is 395 g/mol. The van der Waals surface area contributed by atoms with Gasteiger partial charge in [0.1, 0.15) is 6.04 Å². The van der Waals surface area contributed by atoms with E-state index in [1.165, 1.54) is 6.42 Å². The Hall–Kier alpha value is -1.24. The summed E-state index contributed by atoms with van der Waals surface area (Å²) in [4.78, 5) is 27.7. The van der Waals surface area contributed by atoms with Gasteiger partial charge in [-0.15, -0.1) is 0 Å². The van der Waals surface area contributed by atoms with Crippen LogP contribution in [0, 0.1) is 0 Å². The lowest BCUT2D eigenvalue weighted by Crippen LogP contribution is -2.51. The fourth-order valence-electron chi connectivity index (χ4n) is 3.74. The van der Waals surface area contributed by atoms with E-state index in [-0.39, 0.29) is 11.8 Å². The van der Waals surface area contributed by atoms with Gasteiger partial charge in [-0.2, -0.15) is 11.8 Å². The SMILES string of the molecule is CSCCC(NC(=O)c1ccccc1Cl)C(=O)N1CCC2CCC(C1)N2. The molecule has 0 radical (unpaired) electrons. The molecule has 2 N–H and O–H groups in total. The second kappa shape index (κ2) is 9.11. The number of nitrogens with one attached hydrogen (secondary N) is 2. The summed E-state index contributed by atoms with van der Waals surface area (Å²) in [5.74, 6) is 0.551. The molecule has 0 aliphatic carbocycles. The minimum absolute atomic E-state index is 0.0220. The highest BCUT2D eigenvalue weighted by Crippen LogP contribution is 2.21. The molecule has 1 aromatic carbocycles. The molecule has 2 fully saturated rings. The number of carbonyl (C=O) groups excluding carboxylic acids is 2. The fourth-order valence-corrected chi connectivity index (χ4v) is 4.43. The predicted octanol–water partition coefficient (Wildman–Crippen LogP) is 2.54. The highest BCUT2D eigenvalue weighted by molar-refractivity contribution is 7.98. The van der Waals surface area contributed by atoms with Gasteiger partial charge in [0, 0.05) is 25.2 Å². The van der Waals surface area contributed by atoms with Crippen molar-refractivity contribution in [2.24, 2.45) is 0 Å². The molecule has 2 aliphatic rings. The van der Waals surface area contributed by atoms with Gasteiger partial charge in [-0.1, -0.05) is 23.7 Å². The molecule has 3 unspecified atom stereocenters. The number of hydrogen-bond acceptors (Lipinski definition) is 4. The molecule has 3 rings (SSSR count). The first-order valence-corrected chi connectivity index (χ1v) is 10.9. The summed E-state index contributed by atoms with van der Waals surface area (Å²) in [6.45, 7) is 1.48. The van der Waals surface area contributed by atoms with Crippen molar-refractivity contribution >= 4 is 35.2 Å². The van der Waals surface area contributed by atoms with E-state index in [1.807, 2.05) is 11.2 Å². The molecule has 5 nitrogen and oxygen atoms in total. The summed E-state index contributed by atoms with van der Waals surface area (Å²) in [5.41, 5.74) is 0.410. The smallest absolute Gasteiger partial charge is 0.253 e. The average Bonchev–Trinajstić information content (AvgIpc) is 2.97. The van der Waals surface area contributed by atoms with Crippen LogP contribution in [0.15, 0.2) is 24.3 Å². The summed E-state index contributed by atoms with van der Waals surface area (Å²) in [7, 11) is 0. The molecule has 0 aromatic heterocycles. The summed E-state index contributed by atoms with van der Waals surface area (Å²) in [6, 6.07) is 7.33. The van der Waals surface area contributed by atoms with E-state index >= 15 is 0 Å². The van der Waals surface area contributed by atoms with Crippen LogP contribution in [-0.2, 0) is 4.79 Å². The number of nitrogens with zero attached hydrogens (tertiary/aromatic N) is 1. The van der Waals surface area contributed by atoms with Gasteiger partial charge in [0.05, 0.1) is 10.6 Å². The number of carbonyl (C=O) groups is 2. The Morgan fingerprint density at radius 2 is 2.08 bits per heavy atom. The van der Waals surface area contributed by atoms with Gasteiger partial charge in [-0.3, -0.25) is 9.59 Å². The third-order valence-corrected chi connectivity index (χ3v) is 6.14. The number of halogens is 1. The summed E-state index contributed by atoms with van der Waals surface area (Å²) >= 11 is 7.81. The lowest BCUT2D eigenvalue weighted by molar-refractivity contribution is -0.133. The minimum Gasteiger partial charge on any atom is -0.340 e. The van der Waals surface area contributed by atoms with Crippen molar-refractivity contribution in [3.63, 3.8) is 0 Å². The molecular formula is C19H26ClN3O2S. The maximum absolute atomic E-state index is 13.1. The molecule has 1 aromatic rings. The van der Waals surface area contributed by atoms with E-state index in [0.717, 1.165) is 31.7 Å². The Bertz CT molecular complexity index is 657. The lowest BCUT2D eigenvalue weighted by atomic mass is 10.1. The number of likely N-dealkylation sites (tertiary alicyclic amines) is 1. The van der Waals surface area contributed by atoms with Crippen molar-refractivity contribution in [1.29, 1.82) is 0 Å². The van der Waals surface area contributed by atoms with Crippen LogP contribution >= 0.6 is 23.4 Å². The topological polar surface area (TPSA) is 61.4 Å². The van der Waals surface area contributed by atoms with Crippen LogP contribution in [0.1, 0.15) is 36.0 Å². The maximum atomic E-state index is 13.1. The van der Waals surface area contributed by atoms with Crippen LogP contribution in [0.25, 0.3) is 0 Å². The molecule has 2 amide bonds. The van der Waals surface area contributed by atoms with E-state index in [0.29, 0.717) is 29.1 Å². The van der Waals surface area contributed by atoms with E-state index in [2.05, 4.69) is 10.6 Å². The normalized spacial score (nSPS) is 23.4. The molecule has 142 valence electrons. The van der Waals surface area contributed by atoms with Gasteiger partial charge in [0.2, 0.25) is 5.91 Å². The molecule has 2 bridgehead atoms. The zero-order valence-corrected chi connectivity index (χ0v) is 16.6. The van der Waals surface area contributed by atoms with Gasteiger partial charge in [0.15, 0.2) is 0 Å². The van der Waals surface area contributed by atoms with Crippen molar-refractivity contribution < 1.29 is 9.59 Å². The Morgan fingerprint density at radius 1 is 1.31 bits per heavy atom. The highest BCUT2D eigenvalue weighted by Gasteiger charge is 2.34. The van der Waals surface area contributed by atoms with Gasteiger partial charge < -0.3 is 15.5 Å². The summed E-state index contributed by atoms with van der Waals surface area (Å²) in [6.07, 6.45) is 5.93. The van der Waals surface area contributed by atoms with Crippen molar-refractivity contribution in [3.8, 4) is 0 Å². The van der Waals surface area contributed by atoms with Crippen molar-refractivity contribution in [2.75, 3.05) is 25.1 Å². The third-order valence-electron chi connectivity index (χ3n) is 5.17. The second-order valence-electron chi connectivity index (χ2n) is 7.00. The number of hydrogen-bond donors (Lipinski definition) is 2. The Labute approximate surface area is 164 Å². The van der Waals surface area contributed by atoms with Crippen LogP contribution in [0.5, 0.6) is 0 Å². The minimum atomic E-state index is -0.511. The molecule has 2 saturated heterocycles. The van der Waals surface area contributed by atoms with Crippen LogP contribution in [-0.4, -0.2) is 59.9 Å². The predicted molar refractivity (Wildman–Crippen MR) is 107 cm³/mol. The molecule has 7 heteroatoms. The average molecular weight is 396 g/mol. The van der Waals surface area contributed by atoms with Gasteiger partial charge in [-0.05, 0) is 49.8 Å². The number of benzene rings is 1. The highest BCUT2D eigenvalue weighted by atomic mass is 35.5. The third kappa shape index (κ3) is 4.72. The molecular weight excluding hydrogens is 370 g/mol. The number of fused-ring (bicyclic) bond motifs is 2.